The molecule has 1 aromatic carbocycles. The van der Waals surface area contributed by atoms with E-state index < -0.39 is 21.5 Å². The highest BCUT2D eigenvalue weighted by atomic mass is 35.5. The number of hydrogen-bond donors (Lipinski definition) is 1. The highest BCUT2D eigenvalue weighted by Crippen LogP contribution is 2.28. The minimum absolute atomic E-state index is 0.00299. The van der Waals surface area contributed by atoms with E-state index in [1.165, 1.54) is 4.68 Å². The zero-order valence-corrected chi connectivity index (χ0v) is 15.9. The van der Waals surface area contributed by atoms with Crippen LogP contribution < -0.4 is 5.69 Å². The van der Waals surface area contributed by atoms with Gasteiger partial charge in [-0.15, -0.1) is 0 Å². The lowest BCUT2D eigenvalue weighted by atomic mass is 10.1. The Morgan fingerprint density at radius 3 is 2.46 bits per heavy atom. The van der Waals surface area contributed by atoms with Gasteiger partial charge in [0.1, 0.15) is 0 Å². The summed E-state index contributed by atoms with van der Waals surface area (Å²) in [7, 11) is -3.69. The van der Waals surface area contributed by atoms with E-state index in [0.29, 0.717) is 6.54 Å². The van der Waals surface area contributed by atoms with Crippen molar-refractivity contribution in [2.75, 3.05) is 6.26 Å². The molecule has 142 valence electrons. The van der Waals surface area contributed by atoms with Crippen LogP contribution in [0.2, 0.25) is 5.02 Å². The molecule has 0 radical (unpaired) electrons. The Labute approximate surface area is 155 Å². The second kappa shape index (κ2) is 8.00. The summed E-state index contributed by atoms with van der Waals surface area (Å²) < 4.78 is 26.2. The lowest BCUT2D eigenvalue weighted by Gasteiger charge is -2.11. The van der Waals surface area contributed by atoms with E-state index in [-0.39, 0.29) is 27.6 Å². The van der Waals surface area contributed by atoms with Gasteiger partial charge in [0.15, 0.2) is 9.84 Å². The molecule has 2 rings (SSSR count). The van der Waals surface area contributed by atoms with Crippen LogP contribution >= 0.6 is 11.6 Å². The fraction of sp³-hybridized carbons (Fsp3) is 0.467. The minimum atomic E-state index is -3.69. The number of aromatic nitrogens is 4. The summed E-state index contributed by atoms with van der Waals surface area (Å²) in [5.41, 5.74) is -0.772. The van der Waals surface area contributed by atoms with E-state index in [9.17, 15) is 23.1 Å². The maximum absolute atomic E-state index is 12.4. The molecule has 0 aliphatic carbocycles. The Hall–Kier alpha value is -2.20. The predicted octanol–water partition coefficient (Wildman–Crippen LogP) is 1.43. The van der Waals surface area contributed by atoms with E-state index >= 15 is 0 Å². The molecule has 0 aliphatic rings. The van der Waals surface area contributed by atoms with Crippen LogP contribution in [0.4, 0.5) is 0 Å². The van der Waals surface area contributed by atoms with Crippen LogP contribution in [0.5, 0.6) is 0 Å². The van der Waals surface area contributed by atoms with Gasteiger partial charge in [0.05, 0.1) is 22.0 Å². The van der Waals surface area contributed by atoms with Gasteiger partial charge in [-0.2, -0.15) is 9.36 Å². The first kappa shape index (κ1) is 20.1. The van der Waals surface area contributed by atoms with E-state index in [0.717, 1.165) is 42.3 Å². The molecule has 0 unspecified atom stereocenters. The molecule has 9 nitrogen and oxygen atoms in total. The van der Waals surface area contributed by atoms with Crippen LogP contribution in [0.3, 0.4) is 0 Å². The van der Waals surface area contributed by atoms with Gasteiger partial charge < -0.3 is 5.11 Å². The smallest absolute Gasteiger partial charge is 0.363 e. The lowest BCUT2D eigenvalue weighted by molar-refractivity contribution is 0.0697. The van der Waals surface area contributed by atoms with Crippen molar-refractivity contribution >= 4 is 27.4 Å². The molecule has 0 atom stereocenters. The molecule has 1 aromatic heterocycles. The number of carboxylic acids is 1. The Balaban J connectivity index is 2.47. The molecular formula is C15H19ClN4O5S. The number of unbranched alkanes of at least 4 members (excludes halogenated alkanes) is 2. The average Bonchev–Trinajstić information content (AvgIpc) is 2.88. The number of carboxylic acid groups (broad SMARTS) is 1. The van der Waals surface area contributed by atoms with Crippen LogP contribution in [0.25, 0.3) is 0 Å². The number of hydrogen-bond acceptors (Lipinski definition) is 6. The molecular weight excluding hydrogens is 384 g/mol. The molecule has 0 spiro atoms. The number of aryl methyl sites for hydroxylation is 1. The summed E-state index contributed by atoms with van der Waals surface area (Å²) in [6, 6.07) is 2.28. The molecule has 26 heavy (non-hydrogen) atoms. The van der Waals surface area contributed by atoms with Gasteiger partial charge in [-0.3, -0.25) is 0 Å². The van der Waals surface area contributed by atoms with Crippen molar-refractivity contribution in [3.05, 3.63) is 38.8 Å². The van der Waals surface area contributed by atoms with Crippen LogP contribution in [-0.4, -0.2) is 45.5 Å². The molecule has 1 N–H and O–H groups in total. The minimum Gasteiger partial charge on any atom is -0.478 e. The van der Waals surface area contributed by atoms with Crippen LogP contribution in [-0.2, 0) is 22.9 Å². The standard InChI is InChI=1S/C15H19ClN4O5S/c1-3-4-5-8-19-15(23)20(18-17-19)9-11-12(26(2,24)25)7-6-10(13(11)16)14(21)22/h6-7H,3-5,8-9H2,1-2H3,(H,21,22). The number of rotatable bonds is 8. The Morgan fingerprint density at radius 1 is 1.23 bits per heavy atom. The third kappa shape index (κ3) is 4.31. The zero-order valence-electron chi connectivity index (χ0n) is 14.3. The van der Waals surface area contributed by atoms with Gasteiger partial charge in [-0.25, -0.2) is 18.0 Å². The number of nitrogens with zero attached hydrogens (tertiary/aromatic N) is 4. The molecule has 0 aliphatic heterocycles. The van der Waals surface area contributed by atoms with Crippen molar-refractivity contribution in [1.29, 1.82) is 0 Å². The van der Waals surface area contributed by atoms with Crippen molar-refractivity contribution in [1.82, 2.24) is 19.8 Å². The van der Waals surface area contributed by atoms with Crippen molar-refractivity contribution in [2.45, 2.75) is 44.2 Å². The van der Waals surface area contributed by atoms with Gasteiger partial charge in [0.25, 0.3) is 0 Å². The lowest BCUT2D eigenvalue weighted by Crippen LogP contribution is -2.26. The molecule has 0 amide bonds. The largest absolute Gasteiger partial charge is 0.478 e. The summed E-state index contributed by atoms with van der Waals surface area (Å²) in [6.07, 6.45) is 3.66. The maximum Gasteiger partial charge on any atom is 0.363 e. The van der Waals surface area contributed by atoms with E-state index in [4.69, 9.17) is 11.6 Å². The number of benzene rings is 1. The summed E-state index contributed by atoms with van der Waals surface area (Å²) in [5, 5.41) is 16.5. The third-order valence-corrected chi connectivity index (χ3v) is 5.42. The summed E-state index contributed by atoms with van der Waals surface area (Å²) >= 11 is 6.11. The van der Waals surface area contributed by atoms with Gasteiger partial charge in [-0.1, -0.05) is 31.4 Å². The topological polar surface area (TPSA) is 124 Å². The molecule has 0 fully saturated rings. The second-order valence-electron chi connectivity index (χ2n) is 5.83. The summed E-state index contributed by atoms with van der Waals surface area (Å²) in [6.45, 7) is 2.13. The molecule has 2 aromatic rings. The number of aromatic carboxylic acids is 1. The Kier molecular flexibility index (Phi) is 6.19. The summed E-state index contributed by atoms with van der Waals surface area (Å²) in [5.74, 6) is -1.30. The Morgan fingerprint density at radius 2 is 1.88 bits per heavy atom. The second-order valence-corrected chi connectivity index (χ2v) is 8.19. The van der Waals surface area contributed by atoms with Crippen LogP contribution in [0.15, 0.2) is 21.8 Å². The van der Waals surface area contributed by atoms with Crippen molar-refractivity contribution < 1.29 is 18.3 Å². The van der Waals surface area contributed by atoms with E-state index in [2.05, 4.69) is 10.4 Å². The highest BCUT2D eigenvalue weighted by molar-refractivity contribution is 7.90. The monoisotopic (exact) mass is 402 g/mol. The summed E-state index contributed by atoms with van der Waals surface area (Å²) in [4.78, 5) is 23.5. The number of tetrazole rings is 1. The zero-order chi connectivity index (χ0) is 19.5. The average molecular weight is 403 g/mol. The number of carbonyl (C=O) groups is 1. The van der Waals surface area contributed by atoms with E-state index in [1.54, 1.807) is 0 Å². The van der Waals surface area contributed by atoms with Crippen molar-refractivity contribution in [3.63, 3.8) is 0 Å². The normalized spacial score (nSPS) is 11.7. The van der Waals surface area contributed by atoms with Crippen LogP contribution in [0.1, 0.15) is 42.1 Å². The van der Waals surface area contributed by atoms with Gasteiger partial charge in [0, 0.05) is 18.4 Å². The van der Waals surface area contributed by atoms with Gasteiger partial charge in [0.2, 0.25) is 0 Å². The van der Waals surface area contributed by atoms with Gasteiger partial charge in [-0.05, 0) is 29.0 Å². The first-order valence-electron chi connectivity index (χ1n) is 7.92. The van der Waals surface area contributed by atoms with Crippen molar-refractivity contribution in [3.8, 4) is 0 Å². The van der Waals surface area contributed by atoms with Gasteiger partial charge >= 0.3 is 11.7 Å². The first-order valence-corrected chi connectivity index (χ1v) is 10.2. The quantitative estimate of drug-likeness (QED) is 0.662. The fourth-order valence-corrected chi connectivity index (χ4v) is 3.76. The number of sulfone groups is 1. The number of halogens is 1. The maximum atomic E-state index is 12.4. The fourth-order valence-electron chi connectivity index (χ4n) is 2.47. The Bertz CT molecular complexity index is 980. The highest BCUT2D eigenvalue weighted by Gasteiger charge is 2.23. The molecule has 0 bridgehead atoms. The van der Waals surface area contributed by atoms with Crippen molar-refractivity contribution in [2.24, 2.45) is 0 Å². The predicted molar refractivity (Wildman–Crippen MR) is 94.4 cm³/mol. The third-order valence-electron chi connectivity index (χ3n) is 3.81. The van der Waals surface area contributed by atoms with Crippen LogP contribution in [0, 0.1) is 0 Å². The molecule has 0 saturated carbocycles. The molecule has 0 saturated heterocycles. The molecule has 11 heteroatoms. The van der Waals surface area contributed by atoms with E-state index in [1.807, 2.05) is 6.92 Å². The molecule has 1 heterocycles. The first-order chi connectivity index (χ1) is 12.2. The SMILES string of the molecule is CCCCCn1nnn(Cc2c(S(C)(=O)=O)ccc(C(=O)O)c2Cl)c1=O.